The number of aliphatic hydroxyl groups is 1. The van der Waals surface area contributed by atoms with E-state index in [0.29, 0.717) is 0 Å². The fourth-order valence-electron chi connectivity index (χ4n) is 0.0985. The molecule has 0 aromatic carbocycles. The first-order chi connectivity index (χ1) is 3.18. The van der Waals surface area contributed by atoms with E-state index in [-0.39, 0.29) is 5.92 Å². The van der Waals surface area contributed by atoms with Crippen LogP contribution in [-0.4, -0.2) is 17.5 Å². The predicted molar refractivity (Wildman–Crippen MR) is 26.5 cm³/mol. The molecule has 2 unspecified atom stereocenters. The van der Waals surface area contributed by atoms with Crippen LogP contribution < -0.4 is 0 Å². The predicted octanol–water partition coefficient (Wildman–Crippen LogP) is 0.113. The first-order valence-corrected chi connectivity index (χ1v) is 2.24. The number of hydrogen-bond acceptors (Lipinski definition) is 2. The van der Waals surface area contributed by atoms with Gasteiger partial charge in [0, 0.05) is 5.92 Å². The molecule has 0 heterocycles. The van der Waals surface area contributed by atoms with E-state index < -0.39 is 6.10 Å². The Balaban J connectivity index is 3.33. The molecule has 0 aliphatic heterocycles. The fourth-order valence-corrected chi connectivity index (χ4v) is 0.0985. The van der Waals surface area contributed by atoms with E-state index in [4.69, 9.17) is 5.11 Å². The van der Waals surface area contributed by atoms with Gasteiger partial charge in [0.05, 0.1) is 6.10 Å². The normalized spacial score (nSPS) is 18.1. The molecule has 0 aliphatic rings. The summed E-state index contributed by atoms with van der Waals surface area (Å²) in [6.07, 6.45) is 1.11. The van der Waals surface area contributed by atoms with E-state index in [1.807, 2.05) is 0 Å². The maximum Gasteiger partial charge on any atom is 0.204 e. The third-order valence-corrected chi connectivity index (χ3v) is 0.909. The van der Waals surface area contributed by atoms with Crippen LogP contribution in [0.1, 0.15) is 13.8 Å². The summed E-state index contributed by atoms with van der Waals surface area (Å²) in [5, 5.41) is 8.56. The van der Waals surface area contributed by atoms with Gasteiger partial charge in [0.15, 0.2) is 0 Å². The highest BCUT2D eigenvalue weighted by Gasteiger charge is 2.05. The van der Waals surface area contributed by atoms with Gasteiger partial charge in [0.2, 0.25) is 6.29 Å². The van der Waals surface area contributed by atoms with Crippen molar-refractivity contribution in [2.45, 2.75) is 20.0 Å². The third kappa shape index (κ3) is 2.34. The van der Waals surface area contributed by atoms with Gasteiger partial charge in [-0.3, -0.25) is 4.79 Å². The second-order valence-corrected chi connectivity index (χ2v) is 1.65. The summed E-state index contributed by atoms with van der Waals surface area (Å²) in [5.41, 5.74) is 0. The minimum atomic E-state index is -0.558. The number of carbonyl (C=O) groups excluding carboxylic acids is 1. The Morgan fingerprint density at radius 1 is 1.57 bits per heavy atom. The maximum atomic E-state index is 9.66. The van der Waals surface area contributed by atoms with Gasteiger partial charge in [0.1, 0.15) is 0 Å². The number of hydrogen-bond donors (Lipinski definition) is 1. The quantitative estimate of drug-likeness (QED) is 0.536. The number of rotatable bonds is 2. The Morgan fingerprint density at radius 2 is 2.00 bits per heavy atom. The second kappa shape index (κ2) is 2.75. The summed E-state index contributed by atoms with van der Waals surface area (Å²) in [6.45, 7) is 3.19. The zero-order valence-electron chi connectivity index (χ0n) is 4.51. The van der Waals surface area contributed by atoms with Crippen LogP contribution >= 0.6 is 0 Å². The second-order valence-electron chi connectivity index (χ2n) is 1.65. The summed E-state index contributed by atoms with van der Waals surface area (Å²) in [4.78, 5) is 9.66. The van der Waals surface area contributed by atoms with Crippen LogP contribution in [0.3, 0.4) is 0 Å². The average Bonchev–Trinajstić information content (AvgIpc) is 1.65. The Labute approximate surface area is 43.2 Å². The van der Waals surface area contributed by atoms with Crippen molar-refractivity contribution in [3.8, 4) is 0 Å². The van der Waals surface area contributed by atoms with Crippen molar-refractivity contribution < 1.29 is 9.90 Å². The molecule has 0 fully saturated rings. The Kier molecular flexibility index (Phi) is 2.60. The van der Waals surface area contributed by atoms with Crippen molar-refractivity contribution in [3.63, 3.8) is 0 Å². The molecular weight excluding hydrogens is 92.1 g/mol. The molecule has 0 bridgehead atoms. The van der Waals surface area contributed by atoms with Gasteiger partial charge >= 0.3 is 0 Å². The van der Waals surface area contributed by atoms with E-state index in [2.05, 4.69) is 0 Å². The summed E-state index contributed by atoms with van der Waals surface area (Å²) in [6, 6.07) is 0. The Hall–Kier alpha value is -0.370. The summed E-state index contributed by atoms with van der Waals surface area (Å²) < 4.78 is 0. The van der Waals surface area contributed by atoms with Crippen molar-refractivity contribution in [1.82, 2.24) is 0 Å². The van der Waals surface area contributed by atoms with Gasteiger partial charge in [-0.2, -0.15) is 0 Å². The van der Waals surface area contributed by atoms with Crippen LogP contribution in [0, 0.1) is 5.92 Å². The molecule has 2 heteroatoms. The summed E-state index contributed by atoms with van der Waals surface area (Å²) in [7, 11) is 0. The SMILES string of the molecule is CC(O)C(C)[C]=O. The van der Waals surface area contributed by atoms with Crippen LogP contribution in [0.2, 0.25) is 0 Å². The van der Waals surface area contributed by atoms with Crippen molar-refractivity contribution in [1.29, 1.82) is 0 Å². The molecule has 0 saturated carbocycles. The van der Waals surface area contributed by atoms with Gasteiger partial charge in [-0.25, -0.2) is 0 Å². The molecule has 41 valence electrons. The van der Waals surface area contributed by atoms with E-state index in [1.165, 1.54) is 0 Å². The average molecular weight is 101 g/mol. The molecule has 0 saturated heterocycles. The van der Waals surface area contributed by atoms with Crippen LogP contribution in [0.5, 0.6) is 0 Å². The first-order valence-electron chi connectivity index (χ1n) is 2.24. The van der Waals surface area contributed by atoms with Crippen molar-refractivity contribution >= 4 is 6.29 Å². The lowest BCUT2D eigenvalue weighted by Gasteiger charge is -2.02. The first kappa shape index (κ1) is 6.63. The molecule has 7 heavy (non-hydrogen) atoms. The molecule has 1 radical (unpaired) electrons. The van der Waals surface area contributed by atoms with Crippen molar-refractivity contribution in [2.24, 2.45) is 5.92 Å². The van der Waals surface area contributed by atoms with Gasteiger partial charge in [-0.15, -0.1) is 0 Å². The van der Waals surface area contributed by atoms with Gasteiger partial charge in [-0.1, -0.05) is 6.92 Å². The minimum Gasteiger partial charge on any atom is -0.393 e. The summed E-state index contributed by atoms with van der Waals surface area (Å²) >= 11 is 0. The highest BCUT2D eigenvalue weighted by atomic mass is 16.3. The van der Waals surface area contributed by atoms with E-state index in [0.717, 1.165) is 0 Å². The van der Waals surface area contributed by atoms with E-state index >= 15 is 0 Å². The monoisotopic (exact) mass is 101 g/mol. The van der Waals surface area contributed by atoms with Crippen molar-refractivity contribution in [2.75, 3.05) is 0 Å². The highest BCUT2D eigenvalue weighted by molar-refractivity contribution is 5.54. The van der Waals surface area contributed by atoms with Gasteiger partial charge in [0.25, 0.3) is 0 Å². The lowest BCUT2D eigenvalue weighted by molar-refractivity contribution is 0.163. The lowest BCUT2D eigenvalue weighted by atomic mass is 10.1. The molecule has 0 spiro atoms. The zero-order chi connectivity index (χ0) is 5.86. The molecule has 1 N–H and O–H groups in total. The maximum absolute atomic E-state index is 9.66. The van der Waals surface area contributed by atoms with E-state index in [1.54, 1.807) is 20.1 Å². The molecule has 0 aromatic rings. The van der Waals surface area contributed by atoms with Crippen LogP contribution in [0.15, 0.2) is 0 Å². The summed E-state index contributed by atoms with van der Waals surface area (Å²) in [5.74, 6) is -0.347. The van der Waals surface area contributed by atoms with E-state index in [9.17, 15) is 4.79 Å². The third-order valence-electron chi connectivity index (χ3n) is 0.909. The van der Waals surface area contributed by atoms with Crippen LogP contribution in [0.4, 0.5) is 0 Å². The lowest BCUT2D eigenvalue weighted by Crippen LogP contribution is -2.13. The molecule has 2 atom stereocenters. The van der Waals surface area contributed by atoms with Crippen LogP contribution in [-0.2, 0) is 4.79 Å². The highest BCUT2D eigenvalue weighted by Crippen LogP contribution is 1.94. The standard InChI is InChI=1S/C5H9O2/c1-4(3-6)5(2)7/h4-5,7H,1-2H3. The van der Waals surface area contributed by atoms with Gasteiger partial charge < -0.3 is 5.11 Å². The Morgan fingerprint density at radius 3 is 2.00 bits per heavy atom. The number of aliphatic hydroxyl groups excluding tert-OH is 1. The van der Waals surface area contributed by atoms with Crippen LogP contribution in [0.25, 0.3) is 0 Å². The topological polar surface area (TPSA) is 37.3 Å². The van der Waals surface area contributed by atoms with Crippen molar-refractivity contribution in [3.05, 3.63) is 0 Å². The molecule has 2 nitrogen and oxygen atoms in total. The molecule has 0 aromatic heterocycles. The van der Waals surface area contributed by atoms with Gasteiger partial charge in [-0.05, 0) is 6.92 Å². The zero-order valence-corrected chi connectivity index (χ0v) is 4.51. The largest absolute Gasteiger partial charge is 0.393 e. The smallest absolute Gasteiger partial charge is 0.204 e. The Bertz CT molecular complexity index is 59.1. The molecule has 0 aliphatic carbocycles. The minimum absolute atomic E-state index is 0.347. The molecule has 0 rings (SSSR count). The molecule has 0 amide bonds. The fraction of sp³-hybridized carbons (Fsp3) is 0.800. The molecular formula is C5H9O2.